The first-order valence-corrected chi connectivity index (χ1v) is 22.4. The predicted molar refractivity (Wildman–Crippen MR) is 270 cm³/mol. The highest BCUT2D eigenvalue weighted by Crippen LogP contribution is 2.43. The lowest BCUT2D eigenvalue weighted by Crippen LogP contribution is -1.96. The number of thiophene rings is 1. The van der Waals surface area contributed by atoms with Gasteiger partial charge in [-0.1, -0.05) is 152 Å². The van der Waals surface area contributed by atoms with Gasteiger partial charge in [0.05, 0.1) is 22.1 Å². The van der Waals surface area contributed by atoms with Crippen LogP contribution in [0.2, 0.25) is 0 Å². The standard InChI is InChI=1S/C60H38N2S/c1-4-15-39(16-5-1)43-33-44(40-17-6-2-7-18-40)35-45(34-43)42-29-32-56-52(36-42)54-37-53-49-21-10-12-25-55(49)61(46-19-8-3-9-20-46)57(53)38-58(54)62(56)47-30-27-41(28-31-47)48-23-14-24-51-50-22-11-13-26-59(50)63-60(48)51/h1-38H. The lowest BCUT2D eigenvalue weighted by atomic mass is 9.93. The van der Waals surface area contributed by atoms with Gasteiger partial charge in [0.15, 0.2) is 0 Å². The second-order valence-electron chi connectivity index (χ2n) is 16.5. The van der Waals surface area contributed by atoms with Crippen LogP contribution < -0.4 is 0 Å². The molecule has 2 nitrogen and oxygen atoms in total. The van der Waals surface area contributed by atoms with Gasteiger partial charge in [-0.05, 0) is 123 Å². The van der Waals surface area contributed by atoms with Gasteiger partial charge in [-0.15, -0.1) is 11.3 Å². The number of hydrogen-bond donors (Lipinski definition) is 0. The van der Waals surface area contributed by atoms with Crippen molar-refractivity contribution >= 4 is 75.1 Å². The highest BCUT2D eigenvalue weighted by atomic mass is 32.1. The minimum absolute atomic E-state index is 1.13. The van der Waals surface area contributed by atoms with E-state index in [1.165, 1.54) is 108 Å². The number of fused-ring (bicyclic) bond motifs is 9. The predicted octanol–water partition coefficient (Wildman–Crippen LogP) is 16.9. The average molecular weight is 819 g/mol. The van der Waals surface area contributed by atoms with Crippen LogP contribution in [0.4, 0.5) is 0 Å². The summed E-state index contributed by atoms with van der Waals surface area (Å²) in [6, 6.07) is 84.7. The molecule has 13 rings (SSSR count). The van der Waals surface area contributed by atoms with Crippen LogP contribution in [0, 0.1) is 0 Å². The van der Waals surface area contributed by atoms with E-state index in [1.54, 1.807) is 0 Å². The number of hydrogen-bond acceptors (Lipinski definition) is 1. The van der Waals surface area contributed by atoms with Crippen LogP contribution in [0.15, 0.2) is 231 Å². The summed E-state index contributed by atoms with van der Waals surface area (Å²) in [5.41, 5.74) is 16.7. The van der Waals surface area contributed by atoms with Crippen molar-refractivity contribution in [3.05, 3.63) is 231 Å². The zero-order valence-electron chi connectivity index (χ0n) is 34.2. The van der Waals surface area contributed by atoms with E-state index in [1.807, 2.05) is 11.3 Å². The van der Waals surface area contributed by atoms with Gasteiger partial charge in [0.25, 0.3) is 0 Å². The van der Waals surface area contributed by atoms with Crippen LogP contribution in [0.3, 0.4) is 0 Å². The molecule has 0 N–H and O–H groups in total. The lowest BCUT2D eigenvalue weighted by molar-refractivity contribution is 1.16. The van der Waals surface area contributed by atoms with E-state index in [-0.39, 0.29) is 0 Å². The first-order chi connectivity index (χ1) is 31.2. The monoisotopic (exact) mass is 818 g/mol. The molecule has 0 atom stereocenters. The van der Waals surface area contributed by atoms with E-state index in [0.717, 1.165) is 11.4 Å². The molecule has 0 aliphatic carbocycles. The van der Waals surface area contributed by atoms with Crippen molar-refractivity contribution in [1.82, 2.24) is 9.13 Å². The van der Waals surface area contributed by atoms with Crippen LogP contribution >= 0.6 is 11.3 Å². The van der Waals surface area contributed by atoms with E-state index in [4.69, 9.17) is 0 Å². The minimum Gasteiger partial charge on any atom is -0.309 e. The molecule has 10 aromatic carbocycles. The molecule has 3 aromatic heterocycles. The normalized spacial score (nSPS) is 11.8. The maximum Gasteiger partial charge on any atom is 0.0562 e. The summed E-state index contributed by atoms with van der Waals surface area (Å²) in [5, 5.41) is 7.60. The van der Waals surface area contributed by atoms with Crippen LogP contribution in [-0.2, 0) is 0 Å². The molecule has 63 heavy (non-hydrogen) atoms. The van der Waals surface area contributed by atoms with E-state index < -0.39 is 0 Å². The summed E-state index contributed by atoms with van der Waals surface area (Å²) in [4.78, 5) is 0. The van der Waals surface area contributed by atoms with Crippen molar-refractivity contribution in [3.63, 3.8) is 0 Å². The molecular weight excluding hydrogens is 781 g/mol. The molecule has 3 heterocycles. The third kappa shape index (κ3) is 5.78. The first kappa shape index (κ1) is 35.7. The molecule has 0 amide bonds. The largest absolute Gasteiger partial charge is 0.309 e. The number of para-hydroxylation sites is 2. The molecule has 3 heteroatoms. The molecule has 13 aromatic rings. The highest BCUT2D eigenvalue weighted by Gasteiger charge is 2.20. The molecule has 294 valence electrons. The molecule has 0 aliphatic heterocycles. The van der Waals surface area contributed by atoms with Crippen molar-refractivity contribution in [1.29, 1.82) is 0 Å². The highest BCUT2D eigenvalue weighted by molar-refractivity contribution is 7.26. The zero-order chi connectivity index (χ0) is 41.4. The molecule has 0 radical (unpaired) electrons. The molecule has 0 unspecified atom stereocenters. The first-order valence-electron chi connectivity index (χ1n) is 21.6. The van der Waals surface area contributed by atoms with Crippen LogP contribution in [-0.4, -0.2) is 9.13 Å². The molecule has 0 aliphatic rings. The summed E-state index contributed by atoms with van der Waals surface area (Å²) < 4.78 is 7.55. The van der Waals surface area contributed by atoms with Crippen molar-refractivity contribution in [3.8, 4) is 55.9 Å². The third-order valence-electron chi connectivity index (χ3n) is 12.9. The summed E-state index contributed by atoms with van der Waals surface area (Å²) in [6.45, 7) is 0. The van der Waals surface area contributed by atoms with Gasteiger partial charge < -0.3 is 9.13 Å². The Bertz CT molecular complexity index is 3820. The van der Waals surface area contributed by atoms with E-state index in [9.17, 15) is 0 Å². The van der Waals surface area contributed by atoms with Gasteiger partial charge in [0, 0.05) is 53.1 Å². The maximum absolute atomic E-state index is 2.47. The van der Waals surface area contributed by atoms with Crippen molar-refractivity contribution in [2.24, 2.45) is 0 Å². The van der Waals surface area contributed by atoms with Crippen molar-refractivity contribution in [2.45, 2.75) is 0 Å². The molecule has 0 saturated carbocycles. The van der Waals surface area contributed by atoms with Gasteiger partial charge in [0.1, 0.15) is 0 Å². The minimum atomic E-state index is 1.13. The van der Waals surface area contributed by atoms with Crippen molar-refractivity contribution in [2.75, 3.05) is 0 Å². The van der Waals surface area contributed by atoms with Gasteiger partial charge >= 0.3 is 0 Å². The summed E-state index contributed by atoms with van der Waals surface area (Å²) in [7, 11) is 0. The second-order valence-corrected chi connectivity index (χ2v) is 17.6. The Balaban J connectivity index is 1.05. The van der Waals surface area contributed by atoms with Gasteiger partial charge in [-0.25, -0.2) is 0 Å². The van der Waals surface area contributed by atoms with Gasteiger partial charge in [-0.3, -0.25) is 0 Å². The second kappa shape index (κ2) is 14.3. The Morgan fingerprint density at radius 3 is 1.46 bits per heavy atom. The molecule has 0 spiro atoms. The molecule has 0 fully saturated rings. The number of rotatable bonds is 6. The number of aromatic nitrogens is 2. The van der Waals surface area contributed by atoms with Crippen molar-refractivity contribution < 1.29 is 0 Å². The average Bonchev–Trinajstić information content (AvgIpc) is 4.01. The van der Waals surface area contributed by atoms with E-state index in [2.05, 4.69) is 240 Å². The van der Waals surface area contributed by atoms with E-state index >= 15 is 0 Å². The smallest absolute Gasteiger partial charge is 0.0562 e. The Morgan fingerprint density at radius 2 is 0.762 bits per heavy atom. The fourth-order valence-electron chi connectivity index (χ4n) is 9.95. The van der Waals surface area contributed by atoms with Crippen LogP contribution in [0.25, 0.3) is 120 Å². The Kier molecular flexibility index (Phi) is 8.12. The maximum atomic E-state index is 2.47. The quantitative estimate of drug-likeness (QED) is 0.158. The Labute approximate surface area is 368 Å². The van der Waals surface area contributed by atoms with E-state index in [0.29, 0.717) is 0 Å². The Hall–Kier alpha value is -7.98. The number of benzene rings is 10. The lowest BCUT2D eigenvalue weighted by Gasteiger charge is -2.12. The SMILES string of the molecule is c1ccc(-c2cc(-c3ccccc3)cc(-c3ccc4c(c3)c3cc5c6ccccc6n(-c6ccccc6)c5cc3n4-c3ccc(-c4cccc5c4sc4ccccc45)cc3)c2)cc1. The molecular formula is C60H38N2S. The Morgan fingerprint density at radius 1 is 0.254 bits per heavy atom. The topological polar surface area (TPSA) is 9.86 Å². The van der Waals surface area contributed by atoms with Crippen LogP contribution in [0.1, 0.15) is 0 Å². The summed E-state index contributed by atoms with van der Waals surface area (Å²) in [5.74, 6) is 0. The summed E-state index contributed by atoms with van der Waals surface area (Å²) >= 11 is 1.88. The van der Waals surface area contributed by atoms with Gasteiger partial charge in [-0.2, -0.15) is 0 Å². The third-order valence-corrected chi connectivity index (χ3v) is 14.1. The zero-order valence-corrected chi connectivity index (χ0v) is 35.1. The fraction of sp³-hybridized carbons (Fsp3) is 0. The van der Waals surface area contributed by atoms with Crippen LogP contribution in [0.5, 0.6) is 0 Å². The summed E-state index contributed by atoms with van der Waals surface area (Å²) in [6.07, 6.45) is 0. The molecule has 0 saturated heterocycles. The fourth-order valence-corrected chi connectivity index (χ4v) is 11.2. The van der Waals surface area contributed by atoms with Gasteiger partial charge in [0.2, 0.25) is 0 Å². The number of nitrogens with zero attached hydrogens (tertiary/aromatic N) is 2. The molecule has 0 bridgehead atoms.